The molecule has 2 aromatic carbocycles. The number of aryl methyl sites for hydroxylation is 1. The number of hydrogen-bond acceptors (Lipinski definition) is 5. The molecule has 0 atom stereocenters. The molecule has 10 nitrogen and oxygen atoms in total. The molecule has 1 fully saturated rings. The van der Waals surface area contributed by atoms with E-state index in [0.29, 0.717) is 24.6 Å². The Bertz CT molecular complexity index is 1700. The van der Waals surface area contributed by atoms with Crippen molar-refractivity contribution < 1.29 is 27.9 Å². The number of rotatable bonds is 11. The maximum absolute atomic E-state index is 13.9. The van der Waals surface area contributed by atoms with Gasteiger partial charge in [0.1, 0.15) is 0 Å². The van der Waals surface area contributed by atoms with Crippen LogP contribution in [0.3, 0.4) is 0 Å². The van der Waals surface area contributed by atoms with Gasteiger partial charge in [-0.3, -0.25) is 4.79 Å². The van der Waals surface area contributed by atoms with Crippen molar-refractivity contribution in [3.8, 4) is 11.3 Å². The number of ether oxygens (including phenoxy) is 1. The van der Waals surface area contributed by atoms with E-state index in [1.54, 1.807) is 24.1 Å². The van der Waals surface area contributed by atoms with Crippen LogP contribution in [0, 0.1) is 0 Å². The zero-order chi connectivity index (χ0) is 31.6. The molecule has 0 spiro atoms. The minimum absolute atomic E-state index is 0.114. The van der Waals surface area contributed by atoms with Gasteiger partial charge in [0.2, 0.25) is 0 Å². The topological polar surface area (TPSA) is 135 Å². The second-order valence-electron chi connectivity index (χ2n) is 11.9. The third-order valence-corrected chi connectivity index (χ3v) is 10.0. The zero-order valence-electron chi connectivity index (χ0n) is 25.7. The molecule has 44 heavy (non-hydrogen) atoms. The molecule has 2 aliphatic rings. The van der Waals surface area contributed by atoms with E-state index in [1.165, 1.54) is 37.4 Å². The number of amides is 1. The standard InChI is InChI=1S/C33H42N4O6S/c1-4-22-10-12-27-25(18-22)19-26(32(38)35(2)14-16-43-17-15-36(3)44(34,41)42)21-37-29-20-24(33(39)40)11-13-28(29)30(31(27)37)23-8-6-5-7-9-23/h10-13,18-20,23H,4-9,14-17,21H2,1-3H3,(H,39,40)(H2,34,41,42). The fraction of sp³-hybridized carbons (Fsp3) is 0.455. The molecule has 5 rings (SSSR count). The number of carboxylic acids is 1. The predicted molar refractivity (Wildman–Crippen MR) is 172 cm³/mol. The van der Waals surface area contributed by atoms with E-state index in [4.69, 9.17) is 9.88 Å². The maximum Gasteiger partial charge on any atom is 0.335 e. The lowest BCUT2D eigenvalue weighted by Gasteiger charge is -2.24. The number of aromatic nitrogens is 1. The lowest BCUT2D eigenvalue weighted by Crippen LogP contribution is -2.36. The third-order valence-electron chi connectivity index (χ3n) is 8.98. The summed E-state index contributed by atoms with van der Waals surface area (Å²) in [6.45, 7) is 3.23. The second-order valence-corrected chi connectivity index (χ2v) is 13.5. The lowest BCUT2D eigenvalue weighted by atomic mass is 9.81. The zero-order valence-corrected chi connectivity index (χ0v) is 26.5. The van der Waals surface area contributed by atoms with E-state index in [1.807, 2.05) is 12.1 Å². The molecule has 1 aromatic heterocycles. The van der Waals surface area contributed by atoms with Gasteiger partial charge in [-0.2, -0.15) is 12.7 Å². The van der Waals surface area contributed by atoms with Crippen molar-refractivity contribution in [1.29, 1.82) is 0 Å². The van der Waals surface area contributed by atoms with Gasteiger partial charge in [-0.05, 0) is 60.1 Å². The molecule has 236 valence electrons. The first-order chi connectivity index (χ1) is 21.0. The Morgan fingerprint density at radius 2 is 1.77 bits per heavy atom. The van der Waals surface area contributed by atoms with Crippen LogP contribution < -0.4 is 5.14 Å². The van der Waals surface area contributed by atoms with Gasteiger partial charge < -0.3 is 19.3 Å². The van der Waals surface area contributed by atoms with Crippen molar-refractivity contribution in [2.75, 3.05) is 40.4 Å². The molecule has 1 amide bonds. The number of aromatic carboxylic acids is 1. The van der Waals surface area contributed by atoms with E-state index in [9.17, 15) is 23.1 Å². The molecular weight excluding hydrogens is 580 g/mol. The summed E-state index contributed by atoms with van der Waals surface area (Å²) in [6, 6.07) is 11.8. The number of nitrogens with two attached hydrogens (primary N) is 1. The van der Waals surface area contributed by atoms with Gasteiger partial charge in [-0.25, -0.2) is 9.93 Å². The van der Waals surface area contributed by atoms with E-state index in [0.717, 1.165) is 51.3 Å². The quantitative estimate of drug-likeness (QED) is 0.300. The first kappa shape index (κ1) is 31.9. The van der Waals surface area contributed by atoms with Gasteiger partial charge in [0.05, 0.1) is 31.0 Å². The normalized spacial score (nSPS) is 15.5. The first-order valence-electron chi connectivity index (χ1n) is 15.3. The summed E-state index contributed by atoms with van der Waals surface area (Å²) in [4.78, 5) is 27.6. The summed E-state index contributed by atoms with van der Waals surface area (Å²) >= 11 is 0. The van der Waals surface area contributed by atoms with Crippen molar-refractivity contribution in [2.24, 2.45) is 5.14 Å². The Morgan fingerprint density at radius 3 is 2.45 bits per heavy atom. The van der Waals surface area contributed by atoms with Crippen LogP contribution in [0.1, 0.15) is 72.0 Å². The minimum atomic E-state index is -3.77. The molecule has 3 aromatic rings. The molecule has 11 heteroatoms. The van der Waals surface area contributed by atoms with E-state index in [2.05, 4.69) is 29.7 Å². The summed E-state index contributed by atoms with van der Waals surface area (Å²) in [5.41, 5.74) is 7.21. The lowest BCUT2D eigenvalue weighted by molar-refractivity contribution is -0.126. The van der Waals surface area contributed by atoms with E-state index >= 15 is 0 Å². The fourth-order valence-electron chi connectivity index (χ4n) is 6.44. The molecule has 0 unspecified atom stereocenters. The Morgan fingerprint density at radius 1 is 1.05 bits per heavy atom. The Balaban J connectivity index is 1.52. The Kier molecular flexibility index (Phi) is 9.59. The number of carboxylic acid groups (broad SMARTS) is 1. The van der Waals surface area contributed by atoms with Crippen LogP contribution in [0.4, 0.5) is 0 Å². The van der Waals surface area contributed by atoms with E-state index in [-0.39, 0.29) is 31.2 Å². The average molecular weight is 623 g/mol. The van der Waals surface area contributed by atoms with Crippen LogP contribution in [0.25, 0.3) is 28.2 Å². The van der Waals surface area contributed by atoms with Crippen LogP contribution >= 0.6 is 0 Å². The molecule has 1 aliphatic carbocycles. The molecule has 0 saturated heterocycles. The fourth-order valence-corrected chi connectivity index (χ4v) is 6.77. The monoisotopic (exact) mass is 622 g/mol. The molecular formula is C33H42N4O6S. The number of hydrogen-bond donors (Lipinski definition) is 2. The molecule has 1 saturated carbocycles. The summed E-state index contributed by atoms with van der Waals surface area (Å²) in [6.07, 6.45) is 8.58. The number of nitrogens with zero attached hydrogens (tertiary/aromatic N) is 3. The molecule has 3 N–H and O–H groups in total. The van der Waals surface area contributed by atoms with Crippen molar-refractivity contribution in [3.63, 3.8) is 0 Å². The Hall–Kier alpha value is -3.51. The minimum Gasteiger partial charge on any atom is -0.478 e. The van der Waals surface area contributed by atoms with Crippen LogP contribution in [0.2, 0.25) is 0 Å². The molecule has 1 aliphatic heterocycles. The molecule has 2 heterocycles. The summed E-state index contributed by atoms with van der Waals surface area (Å²) in [7, 11) is -0.668. The largest absolute Gasteiger partial charge is 0.478 e. The maximum atomic E-state index is 13.9. The van der Waals surface area contributed by atoms with Crippen molar-refractivity contribution in [2.45, 2.75) is 57.9 Å². The van der Waals surface area contributed by atoms with Crippen molar-refractivity contribution >= 4 is 39.1 Å². The van der Waals surface area contributed by atoms with Crippen LogP contribution in [-0.2, 0) is 32.7 Å². The van der Waals surface area contributed by atoms with Crippen molar-refractivity contribution in [3.05, 3.63) is 64.2 Å². The first-order valence-corrected chi connectivity index (χ1v) is 16.8. The Labute approximate surface area is 259 Å². The number of fused-ring (bicyclic) bond motifs is 5. The highest BCUT2D eigenvalue weighted by Crippen LogP contribution is 2.46. The van der Waals surface area contributed by atoms with Crippen LogP contribution in [-0.4, -0.2) is 79.6 Å². The van der Waals surface area contributed by atoms with Gasteiger partial charge >= 0.3 is 5.97 Å². The smallest absolute Gasteiger partial charge is 0.335 e. The van der Waals surface area contributed by atoms with Gasteiger partial charge in [0.25, 0.3) is 16.1 Å². The van der Waals surface area contributed by atoms with Gasteiger partial charge in [0, 0.05) is 49.2 Å². The second kappa shape index (κ2) is 13.2. The van der Waals surface area contributed by atoms with Crippen LogP contribution in [0.5, 0.6) is 0 Å². The van der Waals surface area contributed by atoms with Crippen molar-refractivity contribution in [1.82, 2.24) is 13.8 Å². The number of carbonyl (C=O) groups excluding carboxylic acids is 1. The van der Waals surface area contributed by atoms with Gasteiger partial charge in [-0.1, -0.05) is 50.5 Å². The summed E-state index contributed by atoms with van der Waals surface area (Å²) < 4.78 is 31.6. The SMILES string of the molecule is CCc1ccc2c(c1)C=C(C(=O)N(C)CCOCCN(C)S(N)(=O)=O)Cn1c-2c(C2CCCCC2)c2ccc(C(=O)O)cc21. The van der Waals surface area contributed by atoms with Gasteiger partial charge in [-0.15, -0.1) is 0 Å². The predicted octanol–water partition coefficient (Wildman–Crippen LogP) is 4.62. The summed E-state index contributed by atoms with van der Waals surface area (Å²) in [5.74, 6) is -0.765. The van der Waals surface area contributed by atoms with Gasteiger partial charge in [0.15, 0.2) is 0 Å². The highest BCUT2D eigenvalue weighted by Gasteiger charge is 2.31. The number of carbonyl (C=O) groups is 2. The number of likely N-dealkylation sites (N-methyl/N-ethyl adjacent to an activating group) is 2. The highest BCUT2D eigenvalue weighted by molar-refractivity contribution is 7.86. The van der Waals surface area contributed by atoms with Crippen LogP contribution in [0.15, 0.2) is 42.0 Å². The number of benzene rings is 2. The molecule has 0 radical (unpaired) electrons. The highest BCUT2D eigenvalue weighted by atomic mass is 32.2. The van der Waals surface area contributed by atoms with E-state index < -0.39 is 16.2 Å². The summed E-state index contributed by atoms with van der Waals surface area (Å²) in [5, 5.41) is 16.0. The third kappa shape index (κ3) is 6.61. The molecule has 0 bridgehead atoms. The average Bonchev–Trinajstić information content (AvgIpc) is 3.22.